The van der Waals surface area contributed by atoms with Crippen LogP contribution in [0.15, 0.2) is 58.2 Å². The summed E-state index contributed by atoms with van der Waals surface area (Å²) in [7, 11) is -3.72. The second-order valence-corrected chi connectivity index (χ2v) is 10.7. The van der Waals surface area contributed by atoms with Gasteiger partial charge in [0.1, 0.15) is 0 Å². The molecular weight excluding hydrogens is 450 g/mol. The Bertz CT molecular complexity index is 1350. The summed E-state index contributed by atoms with van der Waals surface area (Å²) in [5.74, 6) is -0.422. The highest BCUT2D eigenvalue weighted by Crippen LogP contribution is 2.29. The maximum atomic E-state index is 13.5. The summed E-state index contributed by atoms with van der Waals surface area (Å²) in [5.41, 5.74) is 2.32. The molecule has 0 bridgehead atoms. The van der Waals surface area contributed by atoms with Crippen LogP contribution in [0.25, 0.3) is 10.9 Å². The van der Waals surface area contributed by atoms with Crippen molar-refractivity contribution in [2.45, 2.75) is 63.4 Å². The predicted octanol–water partition coefficient (Wildman–Crippen LogP) is 3.97. The minimum absolute atomic E-state index is 0.0214. The number of hydrogen-bond donors (Lipinski definition) is 2. The lowest BCUT2D eigenvalue weighted by molar-refractivity contribution is 0.0952. The van der Waals surface area contributed by atoms with E-state index in [-0.39, 0.29) is 16.5 Å². The van der Waals surface area contributed by atoms with E-state index in [1.54, 1.807) is 10.4 Å². The first-order chi connectivity index (χ1) is 16.3. The van der Waals surface area contributed by atoms with Crippen LogP contribution in [0.5, 0.6) is 0 Å². The number of carbonyl (C=O) groups is 1. The van der Waals surface area contributed by atoms with E-state index in [9.17, 15) is 18.0 Å². The maximum Gasteiger partial charge on any atom is 0.252 e. The maximum absolute atomic E-state index is 13.5. The van der Waals surface area contributed by atoms with Gasteiger partial charge in [-0.05, 0) is 55.0 Å². The molecule has 0 saturated carbocycles. The van der Waals surface area contributed by atoms with Gasteiger partial charge in [-0.15, -0.1) is 0 Å². The first kappa shape index (κ1) is 24.2. The van der Waals surface area contributed by atoms with Crippen molar-refractivity contribution in [1.82, 2.24) is 14.6 Å². The van der Waals surface area contributed by atoms with Gasteiger partial charge in [0.05, 0.1) is 10.5 Å². The number of nitrogens with one attached hydrogen (secondary N) is 2. The molecule has 1 aliphatic rings. The Labute approximate surface area is 200 Å². The number of H-pyrrole nitrogens is 1. The monoisotopic (exact) mass is 481 g/mol. The Balaban J connectivity index is 1.66. The molecule has 3 aromatic rings. The average molecular weight is 482 g/mol. The van der Waals surface area contributed by atoms with Gasteiger partial charge < -0.3 is 10.3 Å². The summed E-state index contributed by atoms with van der Waals surface area (Å²) >= 11 is 0. The van der Waals surface area contributed by atoms with Gasteiger partial charge in [-0.1, -0.05) is 44.5 Å². The molecule has 1 amide bonds. The summed E-state index contributed by atoms with van der Waals surface area (Å²) in [4.78, 5) is 28.1. The van der Waals surface area contributed by atoms with Crippen LogP contribution in [-0.4, -0.2) is 36.2 Å². The predicted molar refractivity (Wildman–Crippen MR) is 133 cm³/mol. The Morgan fingerprint density at radius 1 is 1.06 bits per heavy atom. The van der Waals surface area contributed by atoms with Crippen LogP contribution in [0.1, 0.15) is 61.0 Å². The fourth-order valence-corrected chi connectivity index (χ4v) is 6.38. The number of fused-ring (bicyclic) bond motifs is 1. The Kier molecular flexibility index (Phi) is 7.19. The number of sulfonamides is 1. The third-order valence-electron chi connectivity index (χ3n) is 6.59. The van der Waals surface area contributed by atoms with Gasteiger partial charge >= 0.3 is 0 Å². The Hall–Kier alpha value is -2.97. The highest BCUT2D eigenvalue weighted by atomic mass is 32.2. The SMILES string of the molecule is CCc1ccc(CNC(=O)c2cc(=O)[nH]c3ccc(S(=O)(=O)N4CCCCC4CC)cc23)cc1. The third kappa shape index (κ3) is 4.93. The van der Waals surface area contributed by atoms with Crippen LogP contribution in [0.3, 0.4) is 0 Å². The van der Waals surface area contributed by atoms with Crippen LogP contribution in [-0.2, 0) is 23.0 Å². The van der Waals surface area contributed by atoms with Crippen molar-refractivity contribution in [2.24, 2.45) is 0 Å². The second kappa shape index (κ2) is 10.1. The van der Waals surface area contributed by atoms with E-state index in [0.29, 0.717) is 24.0 Å². The van der Waals surface area contributed by atoms with Crippen LogP contribution in [0.4, 0.5) is 0 Å². The number of benzene rings is 2. The minimum atomic E-state index is -3.72. The molecule has 1 atom stereocenters. The van der Waals surface area contributed by atoms with E-state index in [2.05, 4.69) is 17.2 Å². The van der Waals surface area contributed by atoms with Gasteiger partial charge in [0.15, 0.2) is 0 Å². The van der Waals surface area contributed by atoms with E-state index in [0.717, 1.165) is 37.7 Å². The molecule has 180 valence electrons. The second-order valence-electron chi connectivity index (χ2n) is 8.78. The molecule has 1 unspecified atom stereocenters. The topological polar surface area (TPSA) is 99.3 Å². The number of hydrogen-bond acceptors (Lipinski definition) is 4. The van der Waals surface area contributed by atoms with Gasteiger partial charge in [-0.3, -0.25) is 9.59 Å². The fourth-order valence-electron chi connectivity index (χ4n) is 4.59. The zero-order chi connectivity index (χ0) is 24.3. The molecule has 2 aromatic carbocycles. The van der Waals surface area contributed by atoms with Crippen LogP contribution < -0.4 is 10.9 Å². The standard InChI is InChI=1S/C26H31N3O4S/c1-3-18-8-10-19(11-9-18)17-27-26(31)23-16-25(30)28-24-13-12-21(15-22(23)24)34(32,33)29-14-6-5-7-20(29)4-2/h8-13,15-16,20H,3-7,14,17H2,1-2H3,(H,27,31)(H,28,30). The van der Waals surface area contributed by atoms with E-state index in [1.165, 1.54) is 23.8 Å². The Morgan fingerprint density at radius 2 is 1.79 bits per heavy atom. The zero-order valence-electron chi connectivity index (χ0n) is 19.6. The molecule has 8 heteroatoms. The number of piperidine rings is 1. The van der Waals surface area contributed by atoms with Crippen molar-refractivity contribution in [2.75, 3.05) is 6.54 Å². The minimum Gasteiger partial charge on any atom is -0.348 e. The largest absolute Gasteiger partial charge is 0.348 e. The van der Waals surface area contributed by atoms with Crippen molar-refractivity contribution in [1.29, 1.82) is 0 Å². The van der Waals surface area contributed by atoms with Crippen molar-refractivity contribution in [3.05, 3.63) is 75.6 Å². The molecule has 0 aliphatic carbocycles. The molecular formula is C26H31N3O4S. The average Bonchev–Trinajstić information content (AvgIpc) is 2.86. The van der Waals surface area contributed by atoms with Gasteiger partial charge in [-0.2, -0.15) is 4.31 Å². The van der Waals surface area contributed by atoms with Crippen molar-refractivity contribution in [3.63, 3.8) is 0 Å². The molecule has 2 heterocycles. The number of aromatic nitrogens is 1. The van der Waals surface area contributed by atoms with E-state index in [1.807, 2.05) is 31.2 Å². The molecule has 1 aliphatic heterocycles. The summed E-state index contributed by atoms with van der Waals surface area (Å²) < 4.78 is 28.5. The number of nitrogens with zero attached hydrogens (tertiary/aromatic N) is 1. The molecule has 2 N–H and O–H groups in total. The van der Waals surface area contributed by atoms with Crippen molar-refractivity contribution < 1.29 is 13.2 Å². The molecule has 0 spiro atoms. The summed E-state index contributed by atoms with van der Waals surface area (Å²) in [6.45, 7) is 4.88. The summed E-state index contributed by atoms with van der Waals surface area (Å²) in [5, 5.41) is 3.27. The van der Waals surface area contributed by atoms with E-state index >= 15 is 0 Å². The molecule has 1 aromatic heterocycles. The lowest BCUT2D eigenvalue weighted by atomic mass is 10.0. The molecule has 1 saturated heterocycles. The van der Waals surface area contributed by atoms with Crippen molar-refractivity contribution in [3.8, 4) is 0 Å². The number of aromatic amines is 1. The fraction of sp³-hybridized carbons (Fsp3) is 0.385. The van der Waals surface area contributed by atoms with Gasteiger partial charge in [0.2, 0.25) is 15.6 Å². The lowest BCUT2D eigenvalue weighted by Gasteiger charge is -2.34. The van der Waals surface area contributed by atoms with E-state index < -0.39 is 21.5 Å². The third-order valence-corrected chi connectivity index (χ3v) is 8.54. The first-order valence-electron chi connectivity index (χ1n) is 11.9. The first-order valence-corrected chi connectivity index (χ1v) is 13.3. The number of aryl methyl sites for hydroxylation is 1. The van der Waals surface area contributed by atoms with Crippen LogP contribution >= 0.6 is 0 Å². The quantitative estimate of drug-likeness (QED) is 0.533. The molecule has 7 nitrogen and oxygen atoms in total. The smallest absolute Gasteiger partial charge is 0.252 e. The van der Waals surface area contributed by atoms with Crippen LogP contribution in [0, 0.1) is 0 Å². The normalized spacial score (nSPS) is 17.1. The molecule has 0 radical (unpaired) electrons. The molecule has 1 fully saturated rings. The van der Waals surface area contributed by atoms with Gasteiger partial charge in [-0.25, -0.2) is 8.42 Å². The number of pyridine rings is 1. The highest BCUT2D eigenvalue weighted by Gasteiger charge is 2.32. The molecule has 4 rings (SSSR count). The number of amides is 1. The highest BCUT2D eigenvalue weighted by molar-refractivity contribution is 7.89. The van der Waals surface area contributed by atoms with Gasteiger partial charge in [0, 0.05) is 36.1 Å². The zero-order valence-corrected chi connectivity index (χ0v) is 20.5. The number of rotatable bonds is 7. The van der Waals surface area contributed by atoms with Crippen molar-refractivity contribution >= 4 is 26.8 Å². The van der Waals surface area contributed by atoms with Crippen LogP contribution in [0.2, 0.25) is 0 Å². The van der Waals surface area contributed by atoms with E-state index in [4.69, 9.17) is 0 Å². The lowest BCUT2D eigenvalue weighted by Crippen LogP contribution is -2.43. The number of carbonyl (C=O) groups excluding carboxylic acids is 1. The summed E-state index contributed by atoms with van der Waals surface area (Å²) in [6.07, 6.45) is 4.40. The molecule has 34 heavy (non-hydrogen) atoms. The summed E-state index contributed by atoms with van der Waals surface area (Å²) in [6, 6.07) is 13.7. The van der Waals surface area contributed by atoms with Gasteiger partial charge in [0.25, 0.3) is 5.91 Å². The Morgan fingerprint density at radius 3 is 2.50 bits per heavy atom.